The van der Waals surface area contributed by atoms with Gasteiger partial charge in [0.05, 0.1) is 7.11 Å². The van der Waals surface area contributed by atoms with E-state index in [0.29, 0.717) is 5.75 Å². The minimum absolute atomic E-state index is 0.0225. The van der Waals surface area contributed by atoms with Crippen LogP contribution in [0.1, 0.15) is 12.5 Å². The SMILES string of the molecule is COc1cccc(C(C)(N)S(=O)(=O)C(C(=O)O)C(=O)O)c1. The smallest absolute Gasteiger partial charge is 0.333 e. The summed E-state index contributed by atoms with van der Waals surface area (Å²) in [6.45, 7) is 1.04. The van der Waals surface area contributed by atoms with Gasteiger partial charge in [0.2, 0.25) is 0 Å². The fourth-order valence-corrected chi connectivity index (χ4v) is 3.19. The van der Waals surface area contributed by atoms with Gasteiger partial charge in [-0.25, -0.2) is 8.42 Å². The van der Waals surface area contributed by atoms with Crippen molar-refractivity contribution >= 4 is 21.8 Å². The van der Waals surface area contributed by atoms with Crippen LogP contribution in [0.15, 0.2) is 24.3 Å². The van der Waals surface area contributed by atoms with Crippen LogP contribution in [0.25, 0.3) is 0 Å². The molecule has 0 bridgehead atoms. The summed E-state index contributed by atoms with van der Waals surface area (Å²) < 4.78 is 29.6. The molecule has 21 heavy (non-hydrogen) atoms. The molecular weight excluding hydrogens is 302 g/mol. The Kier molecular flexibility index (Phi) is 4.59. The van der Waals surface area contributed by atoms with Crippen molar-refractivity contribution in [2.75, 3.05) is 7.11 Å². The Morgan fingerprint density at radius 1 is 1.29 bits per heavy atom. The second-order valence-corrected chi connectivity index (χ2v) is 6.85. The second-order valence-electron chi connectivity index (χ2n) is 4.44. The van der Waals surface area contributed by atoms with E-state index in [1.54, 1.807) is 0 Å². The number of nitrogens with two attached hydrogens (primary N) is 1. The predicted octanol–water partition coefficient (Wildman–Crippen LogP) is -0.221. The molecule has 0 aliphatic rings. The van der Waals surface area contributed by atoms with Crippen LogP contribution < -0.4 is 10.5 Å². The summed E-state index contributed by atoms with van der Waals surface area (Å²) in [6.07, 6.45) is 0. The Balaban J connectivity index is 3.45. The van der Waals surface area contributed by atoms with Gasteiger partial charge in [0.1, 0.15) is 10.6 Å². The summed E-state index contributed by atoms with van der Waals surface area (Å²) in [7, 11) is -3.39. The molecule has 0 amide bonds. The largest absolute Gasteiger partial charge is 0.497 e. The molecule has 0 radical (unpaired) electrons. The molecule has 1 unspecified atom stereocenters. The standard InChI is InChI=1S/C12H15NO7S/c1-12(13,7-4-3-5-8(6-7)20-2)21(18,19)9(10(14)15)11(16)17/h3-6,9H,13H2,1-2H3,(H,14,15)(H,16,17). The fourth-order valence-electron chi connectivity index (χ4n) is 1.71. The molecule has 0 heterocycles. The normalized spacial score (nSPS) is 14.5. The third-order valence-electron chi connectivity index (χ3n) is 2.99. The minimum atomic E-state index is -4.75. The first-order valence-corrected chi connectivity index (χ1v) is 7.22. The zero-order valence-corrected chi connectivity index (χ0v) is 12.1. The van der Waals surface area contributed by atoms with Crippen LogP contribution in [0.3, 0.4) is 0 Å². The lowest BCUT2D eigenvalue weighted by Gasteiger charge is -2.27. The Labute approximate surface area is 121 Å². The molecule has 0 saturated heterocycles. The minimum Gasteiger partial charge on any atom is -0.497 e. The average molecular weight is 317 g/mol. The first kappa shape index (κ1) is 16.9. The van der Waals surface area contributed by atoms with Crippen LogP contribution in [-0.4, -0.2) is 42.9 Å². The first-order valence-electron chi connectivity index (χ1n) is 5.68. The molecule has 0 spiro atoms. The van der Waals surface area contributed by atoms with Crippen LogP contribution in [0.5, 0.6) is 5.75 Å². The molecule has 1 aromatic rings. The zero-order valence-electron chi connectivity index (χ0n) is 11.3. The number of benzene rings is 1. The third-order valence-corrected chi connectivity index (χ3v) is 5.43. The molecule has 1 aromatic carbocycles. The summed E-state index contributed by atoms with van der Waals surface area (Å²) >= 11 is 0. The fraction of sp³-hybridized carbons (Fsp3) is 0.333. The molecule has 0 aliphatic carbocycles. The summed E-state index contributed by atoms with van der Waals surface area (Å²) in [5.74, 6) is -3.69. The Morgan fingerprint density at radius 3 is 2.24 bits per heavy atom. The van der Waals surface area contributed by atoms with Crippen molar-refractivity contribution in [2.45, 2.75) is 17.0 Å². The van der Waals surface area contributed by atoms with Crippen molar-refractivity contribution in [2.24, 2.45) is 5.73 Å². The number of ether oxygens (including phenoxy) is 1. The Morgan fingerprint density at radius 2 is 1.81 bits per heavy atom. The van der Waals surface area contributed by atoms with Gasteiger partial charge >= 0.3 is 11.9 Å². The lowest BCUT2D eigenvalue weighted by atomic mass is 10.1. The maximum absolute atomic E-state index is 12.3. The summed E-state index contributed by atoms with van der Waals surface area (Å²) in [4.78, 5) is 19.7. The van der Waals surface area contributed by atoms with Gasteiger partial charge in [-0.2, -0.15) is 0 Å². The Hall–Kier alpha value is -2.13. The van der Waals surface area contributed by atoms with E-state index in [9.17, 15) is 18.0 Å². The molecular formula is C12H15NO7S. The number of carboxylic acids is 2. The quantitative estimate of drug-likeness (QED) is 0.611. The lowest BCUT2D eigenvalue weighted by molar-refractivity contribution is -0.146. The maximum Gasteiger partial charge on any atom is 0.333 e. The lowest BCUT2D eigenvalue weighted by Crippen LogP contribution is -2.52. The molecule has 116 valence electrons. The number of hydrogen-bond donors (Lipinski definition) is 3. The summed E-state index contributed by atoms with van der Waals surface area (Å²) in [6, 6.07) is 5.66. The molecule has 1 rings (SSSR count). The molecule has 8 nitrogen and oxygen atoms in total. The number of carbonyl (C=O) groups is 2. The van der Waals surface area contributed by atoms with Crippen LogP contribution >= 0.6 is 0 Å². The van der Waals surface area contributed by atoms with Crippen LogP contribution in [-0.2, 0) is 24.3 Å². The van der Waals surface area contributed by atoms with E-state index in [4.69, 9.17) is 20.7 Å². The van der Waals surface area contributed by atoms with Crippen LogP contribution in [0, 0.1) is 0 Å². The van der Waals surface area contributed by atoms with Crippen molar-refractivity contribution < 1.29 is 33.0 Å². The highest BCUT2D eigenvalue weighted by Crippen LogP contribution is 2.30. The van der Waals surface area contributed by atoms with Gasteiger partial charge in [0.25, 0.3) is 5.25 Å². The summed E-state index contributed by atoms with van der Waals surface area (Å²) in [5.41, 5.74) is 5.77. The van der Waals surface area contributed by atoms with Crippen molar-refractivity contribution in [3.63, 3.8) is 0 Å². The van der Waals surface area contributed by atoms with Crippen molar-refractivity contribution in [1.29, 1.82) is 0 Å². The van der Waals surface area contributed by atoms with Gasteiger partial charge in [-0.05, 0) is 24.6 Å². The van der Waals surface area contributed by atoms with Gasteiger partial charge in [-0.3, -0.25) is 9.59 Å². The zero-order chi connectivity index (χ0) is 16.4. The third kappa shape index (κ3) is 2.98. The molecule has 0 aliphatic heterocycles. The highest BCUT2D eigenvalue weighted by atomic mass is 32.2. The summed E-state index contributed by atoms with van der Waals surface area (Å²) in [5, 5.41) is 15.0. The molecule has 1 atom stereocenters. The van der Waals surface area contributed by atoms with E-state index >= 15 is 0 Å². The van der Waals surface area contributed by atoms with Gasteiger partial charge in [-0.15, -0.1) is 0 Å². The highest BCUT2D eigenvalue weighted by molar-refractivity contribution is 7.94. The van der Waals surface area contributed by atoms with E-state index in [2.05, 4.69) is 0 Å². The number of methoxy groups -OCH3 is 1. The number of sulfone groups is 1. The van der Waals surface area contributed by atoms with E-state index in [1.807, 2.05) is 0 Å². The molecule has 0 aromatic heterocycles. The van der Waals surface area contributed by atoms with E-state index in [0.717, 1.165) is 6.92 Å². The van der Waals surface area contributed by atoms with E-state index in [1.165, 1.54) is 31.4 Å². The van der Waals surface area contributed by atoms with E-state index < -0.39 is 31.9 Å². The molecule has 4 N–H and O–H groups in total. The Bertz CT molecular complexity index is 652. The van der Waals surface area contributed by atoms with Crippen molar-refractivity contribution in [3.8, 4) is 5.75 Å². The molecule has 0 saturated carbocycles. The van der Waals surface area contributed by atoms with Crippen LogP contribution in [0.4, 0.5) is 0 Å². The van der Waals surface area contributed by atoms with Crippen molar-refractivity contribution in [1.82, 2.24) is 0 Å². The topological polar surface area (TPSA) is 144 Å². The number of hydrogen-bond acceptors (Lipinski definition) is 6. The first-order chi connectivity index (χ1) is 9.55. The van der Waals surface area contributed by atoms with Crippen LogP contribution in [0.2, 0.25) is 0 Å². The molecule has 9 heteroatoms. The molecule has 0 fully saturated rings. The number of aliphatic carboxylic acids is 2. The average Bonchev–Trinajstić information content (AvgIpc) is 2.37. The number of rotatable bonds is 6. The van der Waals surface area contributed by atoms with Gasteiger partial charge in [0.15, 0.2) is 9.84 Å². The van der Waals surface area contributed by atoms with Crippen molar-refractivity contribution in [3.05, 3.63) is 29.8 Å². The van der Waals surface area contributed by atoms with Gasteiger partial charge in [-0.1, -0.05) is 12.1 Å². The van der Waals surface area contributed by atoms with Gasteiger partial charge < -0.3 is 20.7 Å². The number of carboxylic acid groups (broad SMARTS) is 2. The monoisotopic (exact) mass is 317 g/mol. The second kappa shape index (κ2) is 5.70. The highest BCUT2D eigenvalue weighted by Gasteiger charge is 2.50. The van der Waals surface area contributed by atoms with Gasteiger partial charge in [0, 0.05) is 0 Å². The predicted molar refractivity (Wildman–Crippen MR) is 72.5 cm³/mol. The van der Waals surface area contributed by atoms with E-state index in [-0.39, 0.29) is 5.56 Å². The maximum atomic E-state index is 12.3.